The number of aliphatic hydroxyl groups excluding tert-OH is 1. The molecule has 4 aliphatic rings. The molecule has 19 heavy (non-hydrogen) atoms. The summed E-state index contributed by atoms with van der Waals surface area (Å²) in [7, 11) is 0. The van der Waals surface area contributed by atoms with E-state index in [0.717, 1.165) is 12.8 Å². The lowest BCUT2D eigenvalue weighted by molar-refractivity contribution is -0.176. The Morgan fingerprint density at radius 1 is 1.26 bits per heavy atom. The fraction of sp³-hybridized carbons (Fsp3) is 0.933. The fourth-order valence-electron chi connectivity index (χ4n) is 5.84. The minimum absolute atomic E-state index is 0.0355. The van der Waals surface area contributed by atoms with Gasteiger partial charge in [-0.15, -0.1) is 0 Å². The normalized spacial score (nSPS) is 61.1. The van der Waals surface area contributed by atoms with Gasteiger partial charge in [0.05, 0.1) is 6.10 Å². The molecule has 4 rings (SSSR count). The third kappa shape index (κ3) is 1.03. The first-order valence-corrected chi connectivity index (χ1v) is 7.26. The molecule has 106 valence electrons. The second-order valence-electron chi connectivity index (χ2n) is 8.29. The van der Waals surface area contributed by atoms with Crippen molar-refractivity contribution in [2.24, 2.45) is 28.1 Å². The van der Waals surface area contributed by atoms with Crippen LogP contribution in [0.2, 0.25) is 0 Å². The molecule has 3 aliphatic carbocycles. The molecule has 0 aromatic heterocycles. The van der Waals surface area contributed by atoms with Crippen LogP contribution in [0.3, 0.4) is 0 Å². The number of fused-ring (bicyclic) bond motifs is 2. The Hall–Kier alpha value is -0.610. The van der Waals surface area contributed by atoms with Crippen LogP contribution < -0.4 is 0 Å². The highest BCUT2D eigenvalue weighted by Crippen LogP contribution is 2.82. The zero-order valence-corrected chi connectivity index (χ0v) is 11.8. The van der Waals surface area contributed by atoms with Crippen molar-refractivity contribution in [3.63, 3.8) is 0 Å². The average Bonchev–Trinajstić information content (AvgIpc) is 2.73. The van der Waals surface area contributed by atoms with Crippen molar-refractivity contribution >= 4 is 5.97 Å². The molecule has 0 radical (unpaired) electrons. The van der Waals surface area contributed by atoms with E-state index in [9.17, 15) is 15.0 Å². The van der Waals surface area contributed by atoms with E-state index in [0.29, 0.717) is 12.3 Å². The summed E-state index contributed by atoms with van der Waals surface area (Å²) in [5.74, 6) is 0.123. The Balaban J connectivity index is 1.85. The number of ether oxygens (including phenoxy) is 1. The first-order chi connectivity index (χ1) is 8.68. The lowest BCUT2D eigenvalue weighted by atomic mass is 9.61. The third-order valence-electron chi connectivity index (χ3n) is 6.78. The maximum atomic E-state index is 12.2. The number of hydrogen-bond acceptors (Lipinski definition) is 4. The highest BCUT2D eigenvalue weighted by Gasteiger charge is 2.89. The summed E-state index contributed by atoms with van der Waals surface area (Å²) in [5.41, 5.74) is -2.20. The van der Waals surface area contributed by atoms with Gasteiger partial charge in [0.1, 0.15) is 17.6 Å². The van der Waals surface area contributed by atoms with Gasteiger partial charge in [0.15, 0.2) is 0 Å². The van der Waals surface area contributed by atoms with Crippen LogP contribution in [0.4, 0.5) is 0 Å². The summed E-state index contributed by atoms with van der Waals surface area (Å²) in [6, 6.07) is 0. The largest absolute Gasteiger partial charge is 0.462 e. The first kappa shape index (κ1) is 12.2. The van der Waals surface area contributed by atoms with E-state index in [1.807, 2.05) is 0 Å². The molecular weight excluding hydrogens is 244 g/mol. The van der Waals surface area contributed by atoms with Crippen molar-refractivity contribution in [1.29, 1.82) is 0 Å². The second-order valence-corrected chi connectivity index (χ2v) is 8.29. The van der Waals surface area contributed by atoms with E-state index in [-0.39, 0.29) is 29.3 Å². The highest BCUT2D eigenvalue weighted by atomic mass is 16.6. The summed E-state index contributed by atoms with van der Waals surface area (Å²) < 4.78 is 5.15. The van der Waals surface area contributed by atoms with Gasteiger partial charge in [-0.3, -0.25) is 4.79 Å². The Labute approximate surface area is 113 Å². The van der Waals surface area contributed by atoms with Crippen molar-refractivity contribution in [1.82, 2.24) is 0 Å². The number of hydrogen-bond donors (Lipinski definition) is 2. The molecular formula is C15H22O4. The molecule has 4 nitrogen and oxygen atoms in total. The van der Waals surface area contributed by atoms with Gasteiger partial charge >= 0.3 is 5.97 Å². The van der Waals surface area contributed by atoms with E-state index in [1.54, 1.807) is 0 Å². The van der Waals surface area contributed by atoms with Gasteiger partial charge in [0, 0.05) is 0 Å². The number of esters is 1. The molecule has 0 unspecified atom stereocenters. The van der Waals surface area contributed by atoms with E-state index in [4.69, 9.17) is 4.74 Å². The molecule has 1 saturated heterocycles. The van der Waals surface area contributed by atoms with Gasteiger partial charge in [0.2, 0.25) is 0 Å². The number of cyclic esters (lactones) is 1. The van der Waals surface area contributed by atoms with Gasteiger partial charge in [-0.25, -0.2) is 0 Å². The lowest BCUT2D eigenvalue weighted by Crippen LogP contribution is -2.60. The van der Waals surface area contributed by atoms with Gasteiger partial charge < -0.3 is 14.9 Å². The van der Waals surface area contributed by atoms with E-state index in [1.165, 1.54) is 0 Å². The summed E-state index contributed by atoms with van der Waals surface area (Å²) >= 11 is 0. The van der Waals surface area contributed by atoms with E-state index >= 15 is 0 Å². The molecule has 4 heteroatoms. The molecule has 0 bridgehead atoms. The highest BCUT2D eigenvalue weighted by molar-refractivity contribution is 5.87. The monoisotopic (exact) mass is 266 g/mol. The van der Waals surface area contributed by atoms with Crippen LogP contribution in [0.1, 0.15) is 40.0 Å². The minimum atomic E-state index is -1.36. The summed E-state index contributed by atoms with van der Waals surface area (Å²) in [5, 5.41) is 21.6. The molecule has 4 fully saturated rings. The smallest absolute Gasteiger partial charge is 0.315 e. The van der Waals surface area contributed by atoms with Gasteiger partial charge in [0.25, 0.3) is 0 Å². The van der Waals surface area contributed by atoms with Crippen LogP contribution in [0.15, 0.2) is 0 Å². The Morgan fingerprint density at radius 3 is 2.63 bits per heavy atom. The Morgan fingerprint density at radius 2 is 1.95 bits per heavy atom. The van der Waals surface area contributed by atoms with Crippen LogP contribution in [-0.2, 0) is 9.53 Å². The predicted molar refractivity (Wildman–Crippen MR) is 67.1 cm³/mol. The zero-order chi connectivity index (χ0) is 13.8. The quantitative estimate of drug-likeness (QED) is 0.644. The predicted octanol–water partition coefficient (Wildman–Crippen LogP) is 1.10. The Kier molecular flexibility index (Phi) is 1.83. The summed E-state index contributed by atoms with van der Waals surface area (Å²) in [4.78, 5) is 12.2. The van der Waals surface area contributed by atoms with E-state index in [2.05, 4.69) is 20.8 Å². The SMILES string of the molecule is CC1(C)C[C@H]2[C@@H](C1)[C@]1(C)C[C@@]13C(=O)OC[C@]3(O)[C@@H]2O. The summed E-state index contributed by atoms with van der Waals surface area (Å²) in [6.45, 7) is 6.50. The number of carbonyl (C=O) groups is 1. The van der Waals surface area contributed by atoms with Crippen LogP contribution in [-0.4, -0.2) is 34.5 Å². The van der Waals surface area contributed by atoms with Crippen molar-refractivity contribution in [3.05, 3.63) is 0 Å². The first-order valence-electron chi connectivity index (χ1n) is 7.26. The molecule has 0 aromatic carbocycles. The maximum Gasteiger partial charge on any atom is 0.315 e. The van der Waals surface area contributed by atoms with Gasteiger partial charge in [-0.1, -0.05) is 20.8 Å². The lowest BCUT2D eigenvalue weighted by Gasteiger charge is -2.46. The second kappa shape index (κ2) is 2.86. The third-order valence-corrected chi connectivity index (χ3v) is 6.78. The van der Waals surface area contributed by atoms with Crippen LogP contribution in [0.5, 0.6) is 0 Å². The Bertz CT molecular complexity index is 487. The van der Waals surface area contributed by atoms with Crippen LogP contribution >= 0.6 is 0 Å². The molecule has 3 saturated carbocycles. The number of aliphatic hydroxyl groups is 2. The summed E-state index contributed by atoms with van der Waals surface area (Å²) in [6.07, 6.45) is 1.78. The van der Waals surface area contributed by atoms with Crippen molar-refractivity contribution in [2.75, 3.05) is 6.61 Å². The molecule has 1 spiro atoms. The molecule has 1 aliphatic heterocycles. The molecule has 0 amide bonds. The van der Waals surface area contributed by atoms with Crippen LogP contribution in [0, 0.1) is 28.1 Å². The van der Waals surface area contributed by atoms with Gasteiger partial charge in [-0.2, -0.15) is 0 Å². The van der Waals surface area contributed by atoms with Crippen molar-refractivity contribution < 1.29 is 19.7 Å². The van der Waals surface area contributed by atoms with Crippen molar-refractivity contribution in [2.45, 2.75) is 51.7 Å². The molecule has 2 N–H and O–H groups in total. The maximum absolute atomic E-state index is 12.2. The van der Waals surface area contributed by atoms with Crippen molar-refractivity contribution in [3.8, 4) is 0 Å². The number of carbonyl (C=O) groups excluding carboxylic acids is 1. The zero-order valence-electron chi connectivity index (χ0n) is 11.8. The average molecular weight is 266 g/mol. The molecule has 6 atom stereocenters. The topological polar surface area (TPSA) is 66.8 Å². The van der Waals surface area contributed by atoms with Gasteiger partial charge in [-0.05, 0) is 41.9 Å². The molecule has 1 heterocycles. The van der Waals surface area contributed by atoms with Crippen LogP contribution in [0.25, 0.3) is 0 Å². The fourth-order valence-corrected chi connectivity index (χ4v) is 5.84. The standard InChI is InChI=1S/C15H22O4/c1-12(2)4-8-9(5-12)13(3)6-14(13)11(17)19-7-15(14,18)10(8)16/h8-10,16,18H,4-7H2,1-3H3/t8-,9+,10+,13-,14+,15-/m0/s1. The number of rotatable bonds is 0. The minimum Gasteiger partial charge on any atom is -0.462 e. The molecule has 0 aromatic rings. The van der Waals surface area contributed by atoms with E-state index < -0.39 is 17.1 Å².